The number of carbonyl (C=O) groups excluding carboxylic acids is 1. The fourth-order valence-corrected chi connectivity index (χ4v) is 2.88. The minimum atomic E-state index is -2.84. The van der Waals surface area contributed by atoms with Crippen molar-refractivity contribution in [3.8, 4) is 0 Å². The molecule has 6 heteroatoms. The molecule has 2 nitrogen and oxygen atoms in total. The molecule has 0 aliphatic carbocycles. The van der Waals surface area contributed by atoms with Gasteiger partial charge in [0.15, 0.2) is 0 Å². The number of alkyl halides is 2. The van der Waals surface area contributed by atoms with Crippen LogP contribution in [0, 0.1) is 0 Å². The molecule has 0 unspecified atom stereocenters. The number of hydrogen-bond donors (Lipinski definition) is 0. The molecule has 0 aliphatic heterocycles. The van der Waals surface area contributed by atoms with Gasteiger partial charge in [0.1, 0.15) is 0 Å². The molecule has 2 aromatic rings. The molecular formula is C16H14ClF2NOS. The molecule has 0 atom stereocenters. The summed E-state index contributed by atoms with van der Waals surface area (Å²) in [5.41, 5.74) is 0.906. The number of carbonyl (C=O) groups is 1. The zero-order valence-electron chi connectivity index (χ0n) is 11.6. The summed E-state index contributed by atoms with van der Waals surface area (Å²) in [6, 6.07) is 15.9. The first kappa shape index (κ1) is 16.8. The molecule has 0 saturated carbocycles. The van der Waals surface area contributed by atoms with E-state index in [0.29, 0.717) is 33.0 Å². The Morgan fingerprint density at radius 2 is 1.73 bits per heavy atom. The lowest BCUT2D eigenvalue weighted by molar-refractivity contribution is 0.0106. The Kier molecular flexibility index (Phi) is 6.21. The zero-order chi connectivity index (χ0) is 15.9. The van der Waals surface area contributed by atoms with Crippen LogP contribution in [-0.2, 0) is 6.42 Å². The Labute approximate surface area is 137 Å². The van der Waals surface area contributed by atoms with Gasteiger partial charge in [-0.3, -0.25) is 9.69 Å². The summed E-state index contributed by atoms with van der Waals surface area (Å²) in [4.78, 5) is 13.1. The first-order chi connectivity index (χ1) is 10.6. The van der Waals surface area contributed by atoms with Crippen molar-refractivity contribution < 1.29 is 13.6 Å². The van der Waals surface area contributed by atoms with Crippen LogP contribution < -0.4 is 0 Å². The van der Waals surface area contributed by atoms with E-state index in [0.717, 1.165) is 5.56 Å². The van der Waals surface area contributed by atoms with E-state index in [1.165, 1.54) is 0 Å². The van der Waals surface area contributed by atoms with E-state index in [1.807, 2.05) is 30.3 Å². The molecule has 0 fully saturated rings. The van der Waals surface area contributed by atoms with Crippen LogP contribution in [0.25, 0.3) is 0 Å². The van der Waals surface area contributed by atoms with Crippen LogP contribution in [0.2, 0.25) is 5.02 Å². The molecule has 0 radical (unpaired) electrons. The number of amides is 1. The van der Waals surface area contributed by atoms with Crippen molar-refractivity contribution in [1.29, 1.82) is 0 Å². The van der Waals surface area contributed by atoms with Gasteiger partial charge in [0.2, 0.25) is 0 Å². The average Bonchev–Trinajstić information content (AvgIpc) is 2.50. The van der Waals surface area contributed by atoms with Crippen LogP contribution in [0.4, 0.5) is 13.6 Å². The fourth-order valence-electron chi connectivity index (χ4n) is 1.84. The van der Waals surface area contributed by atoms with E-state index in [1.54, 1.807) is 24.3 Å². The van der Waals surface area contributed by atoms with E-state index >= 15 is 0 Å². The average molecular weight is 342 g/mol. The number of nitrogens with zero attached hydrogens (tertiary/aromatic N) is 1. The number of thioether (sulfide) groups is 1. The molecule has 0 saturated heterocycles. The summed E-state index contributed by atoms with van der Waals surface area (Å²) in [5.74, 6) is 0. The fraction of sp³-hybridized carbons (Fsp3) is 0.188. The molecule has 22 heavy (non-hydrogen) atoms. The molecule has 2 rings (SSSR count). The molecule has 0 N–H and O–H groups in total. The third-order valence-corrected chi connectivity index (χ3v) is 4.41. The summed E-state index contributed by atoms with van der Waals surface area (Å²) in [6.45, 7) is -2.89. The van der Waals surface area contributed by atoms with Crippen molar-refractivity contribution in [2.24, 2.45) is 0 Å². The second-order valence-corrected chi connectivity index (χ2v) is 5.91. The monoisotopic (exact) mass is 341 g/mol. The van der Waals surface area contributed by atoms with Gasteiger partial charge in [0.05, 0.1) is 5.02 Å². The zero-order valence-corrected chi connectivity index (χ0v) is 13.2. The minimum absolute atomic E-state index is 0.0437. The number of benzene rings is 2. The molecule has 0 spiro atoms. The Morgan fingerprint density at radius 1 is 1.09 bits per heavy atom. The summed E-state index contributed by atoms with van der Waals surface area (Å²) < 4.78 is 26.2. The van der Waals surface area contributed by atoms with Crippen molar-refractivity contribution in [1.82, 2.24) is 4.90 Å². The Morgan fingerprint density at radius 3 is 2.36 bits per heavy atom. The highest BCUT2D eigenvalue weighted by Gasteiger charge is 2.23. The third-order valence-electron chi connectivity index (χ3n) is 2.99. The Bertz CT molecular complexity index is 625. The second-order valence-electron chi connectivity index (χ2n) is 4.51. The van der Waals surface area contributed by atoms with Gasteiger partial charge in [0, 0.05) is 11.4 Å². The van der Waals surface area contributed by atoms with Crippen molar-refractivity contribution in [2.45, 2.75) is 17.9 Å². The van der Waals surface area contributed by atoms with E-state index < -0.39 is 11.8 Å². The Balaban J connectivity index is 2.01. The van der Waals surface area contributed by atoms with Crippen LogP contribution in [0.1, 0.15) is 5.56 Å². The minimum Gasteiger partial charge on any atom is -0.276 e. The van der Waals surface area contributed by atoms with Crippen molar-refractivity contribution in [2.75, 3.05) is 6.54 Å². The predicted molar refractivity (Wildman–Crippen MR) is 85.6 cm³/mol. The van der Waals surface area contributed by atoms with E-state index in [2.05, 4.69) is 0 Å². The maximum absolute atomic E-state index is 13.1. The third kappa shape index (κ3) is 4.71. The van der Waals surface area contributed by atoms with Gasteiger partial charge in [0.25, 0.3) is 5.24 Å². The molecule has 0 aromatic heterocycles. The molecule has 0 aliphatic rings. The Hall–Kier alpha value is -1.59. The first-order valence-corrected chi connectivity index (χ1v) is 7.82. The van der Waals surface area contributed by atoms with Gasteiger partial charge in [-0.15, -0.1) is 0 Å². The normalized spacial score (nSPS) is 10.7. The van der Waals surface area contributed by atoms with E-state index in [-0.39, 0.29) is 6.54 Å². The number of halogens is 3. The maximum atomic E-state index is 13.1. The van der Waals surface area contributed by atoms with Crippen molar-refractivity contribution >= 4 is 28.6 Å². The van der Waals surface area contributed by atoms with Crippen LogP contribution in [0.15, 0.2) is 59.5 Å². The standard InChI is InChI=1S/C16H14ClF2NOS/c17-13-8-4-5-9-14(13)22-16(21)20(15(18)19)11-10-12-6-2-1-3-7-12/h1-9,15H,10-11H2. The molecule has 2 aromatic carbocycles. The van der Waals surface area contributed by atoms with E-state index in [9.17, 15) is 13.6 Å². The highest BCUT2D eigenvalue weighted by Crippen LogP contribution is 2.29. The van der Waals surface area contributed by atoms with Crippen LogP contribution in [0.3, 0.4) is 0 Å². The highest BCUT2D eigenvalue weighted by atomic mass is 35.5. The van der Waals surface area contributed by atoms with Gasteiger partial charge in [-0.1, -0.05) is 54.1 Å². The molecular weight excluding hydrogens is 328 g/mol. The molecule has 1 amide bonds. The van der Waals surface area contributed by atoms with E-state index in [4.69, 9.17) is 11.6 Å². The number of rotatable bonds is 5. The van der Waals surface area contributed by atoms with Crippen LogP contribution >= 0.6 is 23.4 Å². The maximum Gasteiger partial charge on any atom is 0.318 e. The predicted octanol–water partition coefficient (Wildman–Crippen LogP) is 5.32. The SMILES string of the molecule is O=C(Sc1ccccc1Cl)N(CCc1ccccc1)C(F)F. The summed E-state index contributed by atoms with van der Waals surface area (Å²) in [5, 5.41) is -0.336. The van der Waals surface area contributed by atoms with Gasteiger partial charge >= 0.3 is 6.55 Å². The van der Waals surface area contributed by atoms with Gasteiger partial charge in [-0.2, -0.15) is 8.78 Å². The molecule has 116 valence electrons. The van der Waals surface area contributed by atoms with Crippen LogP contribution in [-0.4, -0.2) is 23.2 Å². The lowest BCUT2D eigenvalue weighted by atomic mass is 10.1. The topological polar surface area (TPSA) is 20.3 Å². The van der Waals surface area contributed by atoms with Gasteiger partial charge in [-0.25, -0.2) is 0 Å². The van der Waals surface area contributed by atoms with Gasteiger partial charge in [-0.05, 0) is 35.9 Å². The lowest BCUT2D eigenvalue weighted by Gasteiger charge is -2.21. The number of hydrogen-bond acceptors (Lipinski definition) is 2. The summed E-state index contributed by atoms with van der Waals surface area (Å²) in [7, 11) is 0. The largest absolute Gasteiger partial charge is 0.318 e. The first-order valence-electron chi connectivity index (χ1n) is 6.63. The molecule has 0 bridgehead atoms. The molecule has 0 heterocycles. The summed E-state index contributed by atoms with van der Waals surface area (Å²) in [6.07, 6.45) is 0.375. The smallest absolute Gasteiger partial charge is 0.276 e. The van der Waals surface area contributed by atoms with Crippen LogP contribution in [0.5, 0.6) is 0 Å². The highest BCUT2D eigenvalue weighted by molar-refractivity contribution is 8.13. The second kappa shape index (κ2) is 8.15. The van der Waals surface area contributed by atoms with Crippen molar-refractivity contribution in [3.63, 3.8) is 0 Å². The van der Waals surface area contributed by atoms with Gasteiger partial charge < -0.3 is 0 Å². The van der Waals surface area contributed by atoms with Crippen molar-refractivity contribution in [3.05, 3.63) is 65.2 Å². The quantitative estimate of drug-likeness (QED) is 0.542. The summed E-state index contributed by atoms with van der Waals surface area (Å²) >= 11 is 6.66. The lowest BCUT2D eigenvalue weighted by Crippen LogP contribution is -2.34.